The van der Waals surface area contributed by atoms with Gasteiger partial charge in [-0.1, -0.05) is 60.7 Å². The molecule has 0 spiro atoms. The van der Waals surface area contributed by atoms with Crippen LogP contribution < -0.4 is 5.43 Å². The quantitative estimate of drug-likeness (QED) is 0.351. The lowest BCUT2D eigenvalue weighted by Gasteiger charge is -2.09. The van der Waals surface area contributed by atoms with E-state index in [2.05, 4.69) is 20.5 Å². The number of para-hydroxylation sites is 3. The van der Waals surface area contributed by atoms with Crippen LogP contribution in [0.3, 0.4) is 0 Å². The molecule has 0 saturated heterocycles. The summed E-state index contributed by atoms with van der Waals surface area (Å²) < 4.78 is 0. The molecule has 0 saturated carbocycles. The van der Waals surface area contributed by atoms with Crippen LogP contribution in [0.5, 0.6) is 0 Å². The van der Waals surface area contributed by atoms with Crippen molar-refractivity contribution in [3.8, 4) is 11.3 Å². The highest BCUT2D eigenvalue weighted by Gasteiger charge is 2.13. The Balaban J connectivity index is 1.45. The van der Waals surface area contributed by atoms with Gasteiger partial charge < -0.3 is 0 Å². The van der Waals surface area contributed by atoms with Gasteiger partial charge in [-0.3, -0.25) is 9.78 Å². The Morgan fingerprint density at radius 2 is 1.52 bits per heavy atom. The lowest BCUT2D eigenvalue weighted by atomic mass is 10.0. The molecule has 0 unspecified atom stereocenters. The molecule has 5 rings (SSSR count). The Hall–Kier alpha value is -4.45. The topological polar surface area (TPSA) is 80.1 Å². The smallest absolute Gasteiger partial charge is 0.267 e. The maximum atomic E-state index is 13.0. The zero-order chi connectivity index (χ0) is 21.0. The summed E-state index contributed by atoms with van der Waals surface area (Å²) >= 11 is 0. The third-order valence-electron chi connectivity index (χ3n) is 4.86. The fraction of sp³-hybridized carbons (Fsp3) is 0. The SMILES string of the molecule is O=C(N/N=C\c1cnc2ccccc2n1)c1cc(-c2ccccc2)nc2ccccc12. The van der Waals surface area contributed by atoms with Crippen LogP contribution in [0.4, 0.5) is 0 Å². The van der Waals surface area contributed by atoms with Crippen molar-refractivity contribution in [1.29, 1.82) is 0 Å². The summed E-state index contributed by atoms with van der Waals surface area (Å²) in [5.41, 5.74) is 7.66. The Morgan fingerprint density at radius 3 is 2.35 bits per heavy atom. The van der Waals surface area contributed by atoms with Crippen molar-refractivity contribution in [3.63, 3.8) is 0 Å². The molecule has 148 valence electrons. The lowest BCUT2D eigenvalue weighted by molar-refractivity contribution is 0.0956. The number of pyridine rings is 1. The van der Waals surface area contributed by atoms with Crippen LogP contribution >= 0.6 is 0 Å². The summed E-state index contributed by atoms with van der Waals surface area (Å²) in [6.45, 7) is 0. The minimum absolute atomic E-state index is 0.319. The number of fused-ring (bicyclic) bond motifs is 2. The van der Waals surface area contributed by atoms with Gasteiger partial charge in [-0.25, -0.2) is 15.4 Å². The molecular weight excluding hydrogens is 386 g/mol. The monoisotopic (exact) mass is 403 g/mol. The predicted molar refractivity (Wildman–Crippen MR) is 122 cm³/mol. The summed E-state index contributed by atoms with van der Waals surface area (Å²) in [4.78, 5) is 26.5. The molecule has 1 N–H and O–H groups in total. The van der Waals surface area contributed by atoms with Crippen molar-refractivity contribution in [2.75, 3.05) is 0 Å². The number of hydrogen-bond donors (Lipinski definition) is 1. The second-order valence-electron chi connectivity index (χ2n) is 6.92. The molecule has 3 aromatic carbocycles. The molecule has 2 heterocycles. The van der Waals surface area contributed by atoms with E-state index in [0.717, 1.165) is 33.2 Å². The average molecular weight is 403 g/mol. The number of carbonyl (C=O) groups is 1. The maximum absolute atomic E-state index is 13.0. The molecule has 0 fully saturated rings. The Bertz CT molecular complexity index is 1430. The van der Waals surface area contributed by atoms with Crippen LogP contribution in [0.25, 0.3) is 33.2 Å². The first kappa shape index (κ1) is 18.6. The zero-order valence-electron chi connectivity index (χ0n) is 16.4. The summed E-state index contributed by atoms with van der Waals surface area (Å²) in [5.74, 6) is -0.319. The van der Waals surface area contributed by atoms with E-state index >= 15 is 0 Å². The first-order chi connectivity index (χ1) is 15.3. The van der Waals surface area contributed by atoms with E-state index in [0.29, 0.717) is 11.3 Å². The second kappa shape index (κ2) is 8.12. The summed E-state index contributed by atoms with van der Waals surface area (Å²) in [5, 5.41) is 4.85. The van der Waals surface area contributed by atoms with Gasteiger partial charge in [0.2, 0.25) is 0 Å². The van der Waals surface area contributed by atoms with Crippen molar-refractivity contribution < 1.29 is 4.79 Å². The Morgan fingerprint density at radius 1 is 0.806 bits per heavy atom. The molecule has 5 aromatic rings. The molecular formula is C25H17N5O. The highest BCUT2D eigenvalue weighted by atomic mass is 16.2. The Labute approximate surface area is 178 Å². The van der Waals surface area contributed by atoms with Gasteiger partial charge in [0.1, 0.15) is 5.69 Å². The van der Waals surface area contributed by atoms with E-state index in [1.54, 1.807) is 12.3 Å². The van der Waals surface area contributed by atoms with Crippen LogP contribution in [-0.4, -0.2) is 27.1 Å². The third-order valence-corrected chi connectivity index (χ3v) is 4.86. The fourth-order valence-electron chi connectivity index (χ4n) is 3.37. The van der Waals surface area contributed by atoms with Crippen LogP contribution in [0, 0.1) is 0 Å². The van der Waals surface area contributed by atoms with Crippen LogP contribution in [0.1, 0.15) is 16.1 Å². The first-order valence-corrected chi connectivity index (χ1v) is 9.78. The zero-order valence-corrected chi connectivity index (χ0v) is 16.4. The van der Waals surface area contributed by atoms with Gasteiger partial charge in [0.25, 0.3) is 5.91 Å². The molecule has 6 nitrogen and oxygen atoms in total. The number of nitrogens with one attached hydrogen (secondary N) is 1. The minimum Gasteiger partial charge on any atom is -0.267 e. The van der Waals surface area contributed by atoms with E-state index in [-0.39, 0.29) is 5.91 Å². The van der Waals surface area contributed by atoms with Gasteiger partial charge >= 0.3 is 0 Å². The molecule has 0 aliphatic heterocycles. The van der Waals surface area contributed by atoms with E-state index in [1.165, 1.54) is 6.21 Å². The number of rotatable bonds is 4. The van der Waals surface area contributed by atoms with Gasteiger partial charge in [-0.2, -0.15) is 5.10 Å². The van der Waals surface area contributed by atoms with Gasteiger partial charge in [0, 0.05) is 10.9 Å². The molecule has 0 bridgehead atoms. The summed E-state index contributed by atoms with van der Waals surface area (Å²) in [6.07, 6.45) is 3.10. The normalized spacial score (nSPS) is 11.2. The molecule has 0 atom stereocenters. The number of hydrogen-bond acceptors (Lipinski definition) is 5. The van der Waals surface area contributed by atoms with E-state index in [4.69, 9.17) is 4.98 Å². The highest BCUT2D eigenvalue weighted by Crippen LogP contribution is 2.24. The van der Waals surface area contributed by atoms with E-state index in [9.17, 15) is 4.79 Å². The van der Waals surface area contributed by atoms with E-state index < -0.39 is 0 Å². The van der Waals surface area contributed by atoms with Crippen molar-refractivity contribution in [1.82, 2.24) is 20.4 Å². The number of amides is 1. The first-order valence-electron chi connectivity index (χ1n) is 9.78. The largest absolute Gasteiger partial charge is 0.272 e. The predicted octanol–water partition coefficient (Wildman–Crippen LogP) is 4.61. The molecule has 31 heavy (non-hydrogen) atoms. The minimum atomic E-state index is -0.319. The second-order valence-corrected chi connectivity index (χ2v) is 6.92. The molecule has 0 aliphatic carbocycles. The van der Waals surface area contributed by atoms with Crippen LogP contribution in [-0.2, 0) is 0 Å². The Kier molecular flexibility index (Phi) is 4.86. The molecule has 2 aromatic heterocycles. The standard InChI is InChI=1S/C25H17N5O/c31-25(30-27-16-18-15-26-22-12-6-7-13-23(22)28-18)20-14-24(17-8-2-1-3-9-17)29-21-11-5-4-10-19(20)21/h1-16H,(H,30,31)/b27-16-. The highest BCUT2D eigenvalue weighted by molar-refractivity contribution is 6.07. The number of nitrogens with zero attached hydrogens (tertiary/aromatic N) is 4. The molecule has 0 radical (unpaired) electrons. The van der Waals surface area contributed by atoms with Crippen LogP contribution in [0.15, 0.2) is 96.2 Å². The number of hydrazone groups is 1. The molecule has 0 aliphatic rings. The van der Waals surface area contributed by atoms with E-state index in [1.807, 2.05) is 78.9 Å². The summed E-state index contributed by atoms with van der Waals surface area (Å²) in [7, 11) is 0. The van der Waals surface area contributed by atoms with Gasteiger partial charge in [-0.15, -0.1) is 0 Å². The van der Waals surface area contributed by atoms with Gasteiger partial charge in [0.05, 0.1) is 40.2 Å². The van der Waals surface area contributed by atoms with Crippen molar-refractivity contribution in [2.24, 2.45) is 5.10 Å². The van der Waals surface area contributed by atoms with Crippen molar-refractivity contribution in [3.05, 3.63) is 102 Å². The lowest BCUT2D eigenvalue weighted by Crippen LogP contribution is -2.18. The van der Waals surface area contributed by atoms with Gasteiger partial charge in [-0.05, 0) is 24.3 Å². The number of aromatic nitrogens is 3. The molecule has 6 heteroatoms. The number of benzene rings is 3. The maximum Gasteiger partial charge on any atom is 0.272 e. The third kappa shape index (κ3) is 3.86. The average Bonchev–Trinajstić information content (AvgIpc) is 2.83. The summed E-state index contributed by atoms with van der Waals surface area (Å²) in [6, 6.07) is 26.7. The van der Waals surface area contributed by atoms with Crippen molar-refractivity contribution in [2.45, 2.75) is 0 Å². The van der Waals surface area contributed by atoms with Gasteiger partial charge in [0.15, 0.2) is 0 Å². The molecule has 1 amide bonds. The van der Waals surface area contributed by atoms with Crippen LogP contribution in [0.2, 0.25) is 0 Å². The fourth-order valence-corrected chi connectivity index (χ4v) is 3.37. The van der Waals surface area contributed by atoms with Crippen molar-refractivity contribution >= 4 is 34.1 Å². The number of carbonyl (C=O) groups excluding carboxylic acids is 1.